The number of nitrogens with one attached hydrogen (secondary N) is 1. The molecule has 5 heteroatoms. The van der Waals surface area contributed by atoms with Gasteiger partial charge in [-0.2, -0.15) is 0 Å². The molecule has 0 aliphatic carbocycles. The topological polar surface area (TPSA) is 71.5 Å². The third-order valence-electron chi connectivity index (χ3n) is 5.07. The van der Waals surface area contributed by atoms with Crippen LogP contribution in [0.2, 0.25) is 0 Å². The van der Waals surface area contributed by atoms with Gasteiger partial charge in [-0.25, -0.2) is 0 Å². The summed E-state index contributed by atoms with van der Waals surface area (Å²) in [6, 6.07) is 19.7. The van der Waals surface area contributed by atoms with E-state index >= 15 is 0 Å². The van der Waals surface area contributed by atoms with Crippen molar-refractivity contribution in [1.29, 1.82) is 0 Å². The van der Waals surface area contributed by atoms with Crippen LogP contribution in [0.25, 0.3) is 11.1 Å². The van der Waals surface area contributed by atoms with Gasteiger partial charge in [-0.15, -0.1) is 0 Å². The number of hydrogen-bond donors (Lipinski definition) is 2. The van der Waals surface area contributed by atoms with Crippen LogP contribution in [-0.2, 0) is 17.6 Å². The molecule has 0 bridgehead atoms. The second kappa shape index (κ2) is 10.6. The van der Waals surface area contributed by atoms with E-state index in [4.69, 9.17) is 4.74 Å². The smallest absolute Gasteiger partial charge is 0.224 e. The average molecular weight is 405 g/mol. The van der Waals surface area contributed by atoms with Gasteiger partial charge in [0.2, 0.25) is 5.91 Å². The fourth-order valence-corrected chi connectivity index (χ4v) is 3.25. The predicted octanol–water partition coefficient (Wildman–Crippen LogP) is 3.80. The summed E-state index contributed by atoms with van der Waals surface area (Å²) in [5.74, 6) is 0.708. The van der Waals surface area contributed by atoms with Crippen LogP contribution in [0.15, 0.2) is 73.1 Å². The molecule has 2 unspecified atom stereocenters. The number of ether oxygens (including phenoxy) is 1. The Morgan fingerprint density at radius 1 is 1.07 bits per heavy atom. The summed E-state index contributed by atoms with van der Waals surface area (Å²) in [6.45, 7) is 1.88. The van der Waals surface area contributed by atoms with Gasteiger partial charge in [-0.1, -0.05) is 42.5 Å². The van der Waals surface area contributed by atoms with E-state index in [-0.39, 0.29) is 12.0 Å². The van der Waals surface area contributed by atoms with E-state index in [9.17, 15) is 9.90 Å². The zero-order chi connectivity index (χ0) is 21.3. The monoisotopic (exact) mass is 404 g/mol. The number of amides is 1. The first-order chi connectivity index (χ1) is 14.5. The van der Waals surface area contributed by atoms with Crippen LogP contribution >= 0.6 is 0 Å². The second-order valence-electron chi connectivity index (χ2n) is 7.36. The molecule has 1 heterocycles. The number of aryl methyl sites for hydroxylation is 1. The maximum Gasteiger partial charge on any atom is 0.224 e. The van der Waals surface area contributed by atoms with Crippen molar-refractivity contribution >= 4 is 5.91 Å². The Kier molecular flexibility index (Phi) is 7.57. The zero-order valence-corrected chi connectivity index (χ0v) is 17.4. The number of aromatic nitrogens is 1. The lowest BCUT2D eigenvalue weighted by atomic mass is 10.0. The molecule has 0 aliphatic rings. The molecular weight excluding hydrogens is 376 g/mol. The fourth-order valence-electron chi connectivity index (χ4n) is 3.25. The molecule has 5 nitrogen and oxygen atoms in total. The molecule has 0 aliphatic heterocycles. The first-order valence-electron chi connectivity index (χ1n) is 10.2. The Labute approximate surface area is 177 Å². The van der Waals surface area contributed by atoms with E-state index in [1.165, 1.54) is 0 Å². The number of carbonyl (C=O) groups is 1. The normalized spacial score (nSPS) is 12.8. The molecule has 1 amide bonds. The van der Waals surface area contributed by atoms with Gasteiger partial charge in [0.25, 0.3) is 0 Å². The Balaban J connectivity index is 1.57. The number of nitrogens with zero attached hydrogens (tertiary/aromatic N) is 1. The Morgan fingerprint density at radius 2 is 1.83 bits per heavy atom. The van der Waals surface area contributed by atoms with Crippen molar-refractivity contribution in [2.45, 2.75) is 38.4 Å². The van der Waals surface area contributed by atoms with E-state index in [0.717, 1.165) is 28.7 Å². The van der Waals surface area contributed by atoms with Crippen molar-refractivity contribution in [3.63, 3.8) is 0 Å². The van der Waals surface area contributed by atoms with Crippen LogP contribution in [0.5, 0.6) is 5.75 Å². The first-order valence-corrected chi connectivity index (χ1v) is 10.2. The number of rotatable bonds is 9. The second-order valence-corrected chi connectivity index (χ2v) is 7.36. The third kappa shape index (κ3) is 6.16. The van der Waals surface area contributed by atoms with Gasteiger partial charge in [0.15, 0.2) is 0 Å². The first kappa shape index (κ1) is 21.5. The lowest BCUT2D eigenvalue weighted by Crippen LogP contribution is -2.29. The molecule has 30 heavy (non-hydrogen) atoms. The molecule has 3 aromatic rings. The number of aliphatic hydroxyl groups is 1. The number of carbonyl (C=O) groups excluding carboxylic acids is 1. The number of benzene rings is 2. The number of pyridine rings is 1. The molecule has 156 valence electrons. The highest BCUT2D eigenvalue weighted by atomic mass is 16.5. The molecule has 2 aromatic carbocycles. The minimum Gasteiger partial charge on any atom is -0.488 e. The third-order valence-corrected chi connectivity index (χ3v) is 5.07. The molecule has 3 rings (SSSR count). The number of aliphatic hydroxyl groups excluding tert-OH is 1. The highest BCUT2D eigenvalue weighted by molar-refractivity contribution is 5.79. The van der Waals surface area contributed by atoms with Crippen molar-refractivity contribution in [2.24, 2.45) is 0 Å². The molecule has 1 aromatic heterocycles. The van der Waals surface area contributed by atoms with Crippen molar-refractivity contribution in [3.8, 4) is 16.9 Å². The lowest BCUT2D eigenvalue weighted by molar-refractivity contribution is -0.119. The van der Waals surface area contributed by atoms with Crippen LogP contribution in [0.1, 0.15) is 24.5 Å². The van der Waals surface area contributed by atoms with E-state index in [0.29, 0.717) is 18.6 Å². The van der Waals surface area contributed by atoms with Crippen molar-refractivity contribution in [1.82, 2.24) is 10.3 Å². The molecule has 0 fully saturated rings. The average Bonchev–Trinajstić information content (AvgIpc) is 2.78. The van der Waals surface area contributed by atoms with Crippen LogP contribution in [0.4, 0.5) is 0 Å². The Hall–Kier alpha value is -3.18. The van der Waals surface area contributed by atoms with Gasteiger partial charge < -0.3 is 15.2 Å². The standard InChI is InChI=1S/C25H28N2O3/c1-18(24(28)13-8-19-6-4-14-27-17-19)30-23-11-9-21(10-12-23)22-7-3-5-20(15-22)16-25(29)26-2/h3-7,9-12,14-15,17-18,24,28H,8,13,16H2,1-2H3,(H,26,29). The van der Waals surface area contributed by atoms with Crippen LogP contribution in [0, 0.1) is 0 Å². The summed E-state index contributed by atoms with van der Waals surface area (Å²) in [5.41, 5.74) is 4.17. The Morgan fingerprint density at radius 3 is 2.53 bits per heavy atom. The molecule has 0 spiro atoms. The highest BCUT2D eigenvalue weighted by Crippen LogP contribution is 2.24. The quantitative estimate of drug-likeness (QED) is 0.569. The lowest BCUT2D eigenvalue weighted by Gasteiger charge is -2.20. The van der Waals surface area contributed by atoms with Gasteiger partial charge in [0.05, 0.1) is 12.5 Å². The molecule has 2 atom stereocenters. The van der Waals surface area contributed by atoms with E-state index in [1.807, 2.05) is 73.8 Å². The highest BCUT2D eigenvalue weighted by Gasteiger charge is 2.16. The fraction of sp³-hybridized carbons (Fsp3) is 0.280. The van der Waals surface area contributed by atoms with Crippen molar-refractivity contribution in [2.75, 3.05) is 7.05 Å². The predicted molar refractivity (Wildman–Crippen MR) is 118 cm³/mol. The summed E-state index contributed by atoms with van der Waals surface area (Å²) >= 11 is 0. The van der Waals surface area contributed by atoms with Crippen molar-refractivity contribution < 1.29 is 14.6 Å². The van der Waals surface area contributed by atoms with E-state index < -0.39 is 6.10 Å². The van der Waals surface area contributed by atoms with E-state index in [1.54, 1.807) is 13.2 Å². The number of hydrogen-bond acceptors (Lipinski definition) is 4. The molecule has 0 radical (unpaired) electrons. The van der Waals surface area contributed by atoms with Crippen LogP contribution in [-0.4, -0.2) is 35.3 Å². The van der Waals surface area contributed by atoms with Crippen LogP contribution in [0.3, 0.4) is 0 Å². The Bertz CT molecular complexity index is 942. The van der Waals surface area contributed by atoms with Gasteiger partial charge >= 0.3 is 0 Å². The molecule has 2 N–H and O–H groups in total. The summed E-state index contributed by atoms with van der Waals surface area (Å²) in [6.07, 6.45) is 4.42. The molecule has 0 saturated carbocycles. The van der Waals surface area contributed by atoms with Gasteiger partial charge in [-0.05, 0) is 60.2 Å². The van der Waals surface area contributed by atoms with Gasteiger partial charge in [-0.3, -0.25) is 9.78 Å². The summed E-state index contributed by atoms with van der Waals surface area (Å²) in [4.78, 5) is 15.7. The maximum atomic E-state index is 11.6. The minimum absolute atomic E-state index is 0.00743. The zero-order valence-electron chi connectivity index (χ0n) is 17.4. The maximum absolute atomic E-state index is 11.6. The summed E-state index contributed by atoms with van der Waals surface area (Å²) in [5, 5.41) is 13.1. The number of likely N-dealkylation sites (N-methyl/N-ethyl adjacent to an activating group) is 1. The van der Waals surface area contributed by atoms with Crippen molar-refractivity contribution in [3.05, 3.63) is 84.2 Å². The van der Waals surface area contributed by atoms with E-state index in [2.05, 4.69) is 10.3 Å². The SMILES string of the molecule is CNC(=O)Cc1cccc(-c2ccc(OC(C)C(O)CCc3cccnc3)cc2)c1. The van der Waals surface area contributed by atoms with Gasteiger partial charge in [0.1, 0.15) is 11.9 Å². The summed E-state index contributed by atoms with van der Waals surface area (Å²) in [7, 11) is 1.64. The molecule has 0 saturated heterocycles. The van der Waals surface area contributed by atoms with Gasteiger partial charge in [0, 0.05) is 19.4 Å². The molecular formula is C25H28N2O3. The largest absolute Gasteiger partial charge is 0.488 e. The summed E-state index contributed by atoms with van der Waals surface area (Å²) < 4.78 is 5.93. The van der Waals surface area contributed by atoms with Crippen LogP contribution < -0.4 is 10.1 Å². The minimum atomic E-state index is -0.564.